The zero-order chi connectivity index (χ0) is 26.5. The number of aromatic nitrogens is 2. The first kappa shape index (κ1) is 25.9. The van der Waals surface area contributed by atoms with Crippen LogP contribution in [0.1, 0.15) is 49.3 Å². The van der Waals surface area contributed by atoms with Gasteiger partial charge in [0.15, 0.2) is 17.2 Å². The van der Waals surface area contributed by atoms with E-state index in [4.69, 9.17) is 42.5 Å². The summed E-state index contributed by atoms with van der Waals surface area (Å²) in [5.74, 6) is 1.22. The van der Waals surface area contributed by atoms with Crippen LogP contribution in [0, 0.1) is 0 Å². The van der Waals surface area contributed by atoms with E-state index in [2.05, 4.69) is 0 Å². The van der Waals surface area contributed by atoms with Gasteiger partial charge in [0.2, 0.25) is 0 Å². The number of halogens is 2. The van der Waals surface area contributed by atoms with Crippen LogP contribution in [0.3, 0.4) is 0 Å². The Labute approximate surface area is 227 Å². The zero-order valence-electron chi connectivity index (χ0n) is 21.7. The molecule has 196 valence electrons. The van der Waals surface area contributed by atoms with E-state index in [-0.39, 0.29) is 12.0 Å². The highest BCUT2D eigenvalue weighted by Gasteiger charge is 2.39. The molecule has 5 rings (SSSR count). The summed E-state index contributed by atoms with van der Waals surface area (Å²) < 4.78 is 19.2. The Morgan fingerprint density at radius 3 is 2.46 bits per heavy atom. The highest BCUT2D eigenvalue weighted by Crippen LogP contribution is 2.43. The Morgan fingerprint density at radius 2 is 1.81 bits per heavy atom. The number of hydrogen-bond acceptors (Lipinski definition) is 5. The average molecular weight is 544 g/mol. The predicted octanol–water partition coefficient (Wildman–Crippen LogP) is 5.99. The summed E-state index contributed by atoms with van der Waals surface area (Å²) >= 11 is 12.8. The maximum atomic E-state index is 14.0. The minimum atomic E-state index is -0.441. The number of amides is 1. The van der Waals surface area contributed by atoms with Gasteiger partial charge in [0.05, 0.1) is 43.3 Å². The number of carbonyl (C=O) groups excluding carboxylic acids is 1. The maximum absolute atomic E-state index is 14.0. The number of rotatable bonds is 5. The molecule has 1 aliphatic heterocycles. The van der Waals surface area contributed by atoms with Crippen LogP contribution in [0.4, 0.5) is 0 Å². The lowest BCUT2D eigenvalue weighted by Gasteiger charge is -2.41. The number of ether oxygens (including phenoxy) is 3. The summed E-state index contributed by atoms with van der Waals surface area (Å²) in [6, 6.07) is 9.29. The van der Waals surface area contributed by atoms with Crippen LogP contribution in [0.5, 0.6) is 11.5 Å². The summed E-state index contributed by atoms with van der Waals surface area (Å²) in [5, 5.41) is 5.89. The molecule has 1 aromatic heterocycles. The number of methoxy groups -OCH3 is 1. The van der Waals surface area contributed by atoms with Crippen LogP contribution in [-0.2, 0) is 17.6 Å². The number of fused-ring (bicyclic) bond motifs is 3. The van der Waals surface area contributed by atoms with E-state index >= 15 is 0 Å². The van der Waals surface area contributed by atoms with Crippen molar-refractivity contribution in [1.29, 1.82) is 0 Å². The number of benzene rings is 2. The van der Waals surface area contributed by atoms with Gasteiger partial charge in [0, 0.05) is 27.7 Å². The fourth-order valence-corrected chi connectivity index (χ4v) is 5.66. The van der Waals surface area contributed by atoms with Gasteiger partial charge in [-0.15, -0.1) is 0 Å². The minimum absolute atomic E-state index is 0.0349. The van der Waals surface area contributed by atoms with Gasteiger partial charge < -0.3 is 19.1 Å². The third-order valence-electron chi connectivity index (χ3n) is 6.82. The molecule has 0 saturated carbocycles. The maximum Gasteiger partial charge on any atom is 0.275 e. The molecule has 9 heteroatoms. The minimum Gasteiger partial charge on any atom is -0.493 e. The van der Waals surface area contributed by atoms with Gasteiger partial charge in [0.25, 0.3) is 5.91 Å². The molecule has 0 N–H and O–H groups in total. The van der Waals surface area contributed by atoms with Crippen LogP contribution < -0.4 is 9.47 Å². The third kappa shape index (κ3) is 4.80. The number of carbonyl (C=O) groups is 1. The fourth-order valence-electron chi connectivity index (χ4n) is 5.14. The molecule has 3 aromatic rings. The standard InChI is InChI=1S/C28H31Cl2N3O4/c1-16(2)37-24-14-22-17(10-23(24)35-5)6-7-21-25(27(34)32-8-9-36-15-28(32,3)4)31-33(26(21)22)20-12-18(29)11-19(30)13-20/h10-14,16H,6-9,15H2,1-5H3. The smallest absolute Gasteiger partial charge is 0.275 e. The van der Waals surface area contributed by atoms with E-state index in [1.165, 1.54) is 0 Å². The second-order valence-electron chi connectivity index (χ2n) is 10.4. The highest BCUT2D eigenvalue weighted by atomic mass is 35.5. The topological polar surface area (TPSA) is 65.8 Å². The van der Waals surface area contributed by atoms with E-state index in [0.717, 1.165) is 28.8 Å². The van der Waals surface area contributed by atoms with Crippen molar-refractivity contribution in [2.75, 3.05) is 26.9 Å². The van der Waals surface area contributed by atoms with Crippen LogP contribution in [0.15, 0.2) is 30.3 Å². The van der Waals surface area contributed by atoms with E-state index in [9.17, 15) is 4.79 Å². The molecule has 1 fully saturated rings. The summed E-state index contributed by atoms with van der Waals surface area (Å²) in [7, 11) is 1.64. The summed E-state index contributed by atoms with van der Waals surface area (Å²) in [6.07, 6.45) is 1.37. The van der Waals surface area contributed by atoms with Crippen LogP contribution in [-0.4, -0.2) is 59.1 Å². The van der Waals surface area contributed by atoms with E-state index in [0.29, 0.717) is 59.1 Å². The molecule has 1 saturated heterocycles. The van der Waals surface area contributed by atoms with Crippen molar-refractivity contribution in [3.8, 4) is 28.4 Å². The van der Waals surface area contributed by atoms with Crippen molar-refractivity contribution in [3.63, 3.8) is 0 Å². The van der Waals surface area contributed by atoms with Crippen LogP contribution in [0.25, 0.3) is 16.9 Å². The first-order valence-corrected chi connectivity index (χ1v) is 13.2. The summed E-state index contributed by atoms with van der Waals surface area (Å²) in [6.45, 7) is 9.47. The lowest BCUT2D eigenvalue weighted by molar-refractivity contribution is -0.0373. The van der Waals surface area contributed by atoms with Crippen LogP contribution >= 0.6 is 23.2 Å². The molecule has 0 bridgehead atoms. The number of morpholine rings is 1. The van der Waals surface area contributed by atoms with Crippen molar-refractivity contribution in [2.24, 2.45) is 0 Å². The van der Waals surface area contributed by atoms with Crippen molar-refractivity contribution >= 4 is 29.1 Å². The molecular formula is C28H31Cl2N3O4. The Balaban J connectivity index is 1.74. The second-order valence-corrected chi connectivity index (χ2v) is 11.2. The van der Waals surface area contributed by atoms with E-state index < -0.39 is 5.54 Å². The number of aryl methyl sites for hydroxylation is 1. The number of nitrogens with zero attached hydrogens (tertiary/aromatic N) is 3. The fraction of sp³-hybridized carbons (Fsp3) is 0.429. The Hall–Kier alpha value is -2.74. The van der Waals surface area contributed by atoms with Crippen LogP contribution in [0.2, 0.25) is 10.0 Å². The number of hydrogen-bond donors (Lipinski definition) is 0. The third-order valence-corrected chi connectivity index (χ3v) is 7.26. The van der Waals surface area contributed by atoms with Gasteiger partial charge in [-0.1, -0.05) is 23.2 Å². The van der Waals surface area contributed by atoms with Crippen molar-refractivity contribution in [2.45, 2.75) is 52.2 Å². The SMILES string of the molecule is COc1cc2c(cc1OC(C)C)-c1c(c(C(=O)N3CCOCC3(C)C)nn1-c1cc(Cl)cc(Cl)c1)CC2. The molecule has 1 amide bonds. The molecule has 0 atom stereocenters. The van der Waals surface area contributed by atoms with Gasteiger partial charge >= 0.3 is 0 Å². The largest absolute Gasteiger partial charge is 0.493 e. The van der Waals surface area contributed by atoms with E-state index in [1.807, 2.05) is 44.7 Å². The average Bonchev–Trinajstić information content (AvgIpc) is 3.22. The monoisotopic (exact) mass is 543 g/mol. The molecule has 0 radical (unpaired) electrons. The molecule has 2 aromatic carbocycles. The second kappa shape index (κ2) is 9.86. The Morgan fingerprint density at radius 1 is 1.08 bits per heavy atom. The molecule has 7 nitrogen and oxygen atoms in total. The molecule has 2 aliphatic rings. The van der Waals surface area contributed by atoms with Crippen molar-refractivity contribution in [3.05, 3.63) is 57.2 Å². The normalized spacial score (nSPS) is 16.4. The Kier molecular flexibility index (Phi) is 6.90. The van der Waals surface area contributed by atoms with Gasteiger partial charge in [-0.2, -0.15) is 5.10 Å². The quantitative estimate of drug-likeness (QED) is 0.395. The van der Waals surface area contributed by atoms with E-state index in [1.54, 1.807) is 30.0 Å². The van der Waals surface area contributed by atoms with Crippen molar-refractivity contribution < 1.29 is 19.0 Å². The molecule has 37 heavy (non-hydrogen) atoms. The van der Waals surface area contributed by atoms with Gasteiger partial charge in [-0.05, 0) is 76.4 Å². The summed E-state index contributed by atoms with van der Waals surface area (Å²) in [5.41, 5.74) is 4.46. The van der Waals surface area contributed by atoms with Gasteiger partial charge in [-0.25, -0.2) is 4.68 Å². The predicted molar refractivity (Wildman–Crippen MR) is 145 cm³/mol. The first-order valence-electron chi connectivity index (χ1n) is 12.4. The molecule has 0 spiro atoms. The molecule has 1 aliphatic carbocycles. The summed E-state index contributed by atoms with van der Waals surface area (Å²) in [4.78, 5) is 15.9. The van der Waals surface area contributed by atoms with Gasteiger partial charge in [0.1, 0.15) is 0 Å². The lowest BCUT2D eigenvalue weighted by atomic mass is 9.87. The molecule has 2 heterocycles. The molecule has 0 unspecified atom stereocenters. The van der Waals surface area contributed by atoms with Gasteiger partial charge in [-0.3, -0.25) is 4.79 Å². The zero-order valence-corrected chi connectivity index (χ0v) is 23.2. The lowest BCUT2D eigenvalue weighted by Crippen LogP contribution is -2.55. The first-order chi connectivity index (χ1) is 17.6. The molecular weight excluding hydrogens is 513 g/mol. The highest BCUT2D eigenvalue weighted by molar-refractivity contribution is 6.34. The van der Waals surface area contributed by atoms with Crippen molar-refractivity contribution in [1.82, 2.24) is 14.7 Å². The Bertz CT molecular complexity index is 1350.